The third-order valence-corrected chi connectivity index (χ3v) is 2.64. The van der Waals surface area contributed by atoms with Crippen LogP contribution in [0.5, 0.6) is 0 Å². The SMILES string of the molecule is CC1CC(=O)NC2=C1CCC2. The van der Waals surface area contributed by atoms with Crippen LogP contribution in [0.15, 0.2) is 11.3 Å². The van der Waals surface area contributed by atoms with E-state index in [1.807, 2.05) is 0 Å². The van der Waals surface area contributed by atoms with Crippen molar-refractivity contribution in [3.8, 4) is 0 Å². The Hall–Kier alpha value is -0.790. The van der Waals surface area contributed by atoms with Crippen LogP contribution in [-0.4, -0.2) is 5.91 Å². The molecular weight excluding hydrogens is 138 g/mol. The second-order valence-corrected chi connectivity index (χ2v) is 3.51. The van der Waals surface area contributed by atoms with Crippen LogP contribution in [-0.2, 0) is 4.79 Å². The maximum atomic E-state index is 11.1. The summed E-state index contributed by atoms with van der Waals surface area (Å²) in [5.41, 5.74) is 2.73. The Balaban J connectivity index is 2.27. The van der Waals surface area contributed by atoms with E-state index < -0.39 is 0 Å². The number of hydrogen-bond acceptors (Lipinski definition) is 1. The fourth-order valence-corrected chi connectivity index (χ4v) is 2.07. The van der Waals surface area contributed by atoms with Crippen molar-refractivity contribution in [3.05, 3.63) is 11.3 Å². The molecule has 1 heterocycles. The van der Waals surface area contributed by atoms with Gasteiger partial charge in [-0.2, -0.15) is 0 Å². The molecule has 0 saturated heterocycles. The summed E-state index contributed by atoms with van der Waals surface area (Å²) in [6.07, 6.45) is 4.22. The van der Waals surface area contributed by atoms with E-state index in [1.54, 1.807) is 0 Å². The number of amides is 1. The van der Waals surface area contributed by atoms with E-state index >= 15 is 0 Å². The molecule has 0 bridgehead atoms. The summed E-state index contributed by atoms with van der Waals surface area (Å²) in [7, 11) is 0. The highest BCUT2D eigenvalue weighted by Crippen LogP contribution is 2.34. The van der Waals surface area contributed by atoms with Crippen molar-refractivity contribution < 1.29 is 4.79 Å². The minimum absolute atomic E-state index is 0.207. The molecule has 0 aromatic carbocycles. The summed E-state index contributed by atoms with van der Waals surface area (Å²) < 4.78 is 0. The van der Waals surface area contributed by atoms with Gasteiger partial charge in [0.05, 0.1) is 0 Å². The predicted molar refractivity (Wildman–Crippen MR) is 42.8 cm³/mol. The normalized spacial score (nSPS) is 30.3. The van der Waals surface area contributed by atoms with Gasteiger partial charge in [0.15, 0.2) is 0 Å². The van der Waals surface area contributed by atoms with Crippen LogP contribution < -0.4 is 5.32 Å². The summed E-state index contributed by atoms with van der Waals surface area (Å²) in [6, 6.07) is 0. The number of hydrogen-bond donors (Lipinski definition) is 1. The van der Waals surface area contributed by atoms with E-state index in [2.05, 4.69) is 12.2 Å². The van der Waals surface area contributed by atoms with Gasteiger partial charge in [-0.05, 0) is 30.8 Å². The van der Waals surface area contributed by atoms with Gasteiger partial charge in [-0.25, -0.2) is 0 Å². The summed E-state index contributed by atoms with van der Waals surface area (Å²) in [5.74, 6) is 0.708. The maximum absolute atomic E-state index is 11.1. The quantitative estimate of drug-likeness (QED) is 0.559. The van der Waals surface area contributed by atoms with Crippen molar-refractivity contribution in [1.82, 2.24) is 5.32 Å². The molecule has 1 amide bonds. The zero-order valence-electron chi connectivity index (χ0n) is 6.81. The molecule has 2 heteroatoms. The van der Waals surface area contributed by atoms with Crippen LogP contribution in [0.4, 0.5) is 0 Å². The highest BCUT2D eigenvalue weighted by Gasteiger charge is 2.26. The Morgan fingerprint density at radius 3 is 3.09 bits per heavy atom. The lowest BCUT2D eigenvalue weighted by atomic mass is 9.93. The highest BCUT2D eigenvalue weighted by molar-refractivity contribution is 5.80. The zero-order chi connectivity index (χ0) is 7.84. The predicted octanol–water partition coefficient (Wildman–Crippen LogP) is 1.58. The fourth-order valence-electron chi connectivity index (χ4n) is 2.07. The molecule has 0 radical (unpaired) electrons. The van der Waals surface area contributed by atoms with Crippen molar-refractivity contribution in [2.75, 3.05) is 0 Å². The number of allylic oxidation sites excluding steroid dienone is 2. The average Bonchev–Trinajstić information content (AvgIpc) is 2.34. The Labute approximate surface area is 66.7 Å². The number of carbonyl (C=O) groups excluding carboxylic acids is 1. The van der Waals surface area contributed by atoms with E-state index in [-0.39, 0.29) is 5.91 Å². The molecule has 0 fully saturated rings. The molecule has 2 nitrogen and oxygen atoms in total. The van der Waals surface area contributed by atoms with Crippen LogP contribution in [0.25, 0.3) is 0 Å². The van der Waals surface area contributed by atoms with Gasteiger partial charge in [-0.1, -0.05) is 6.92 Å². The smallest absolute Gasteiger partial charge is 0.224 e. The van der Waals surface area contributed by atoms with Crippen LogP contribution in [0, 0.1) is 5.92 Å². The first-order chi connectivity index (χ1) is 5.27. The van der Waals surface area contributed by atoms with Crippen molar-refractivity contribution in [2.24, 2.45) is 5.92 Å². The summed E-state index contributed by atoms with van der Waals surface area (Å²) >= 11 is 0. The molecular formula is C9H13NO. The van der Waals surface area contributed by atoms with E-state index in [1.165, 1.54) is 24.1 Å². The lowest BCUT2D eigenvalue weighted by Crippen LogP contribution is -2.30. The van der Waals surface area contributed by atoms with Gasteiger partial charge in [0.1, 0.15) is 0 Å². The molecule has 1 atom stereocenters. The van der Waals surface area contributed by atoms with Gasteiger partial charge in [-0.3, -0.25) is 4.79 Å². The maximum Gasteiger partial charge on any atom is 0.224 e. The second-order valence-electron chi connectivity index (χ2n) is 3.51. The second kappa shape index (κ2) is 2.36. The Kier molecular flexibility index (Phi) is 1.48. The molecule has 2 aliphatic rings. The van der Waals surface area contributed by atoms with Crippen LogP contribution >= 0.6 is 0 Å². The van der Waals surface area contributed by atoms with Crippen molar-refractivity contribution in [2.45, 2.75) is 32.6 Å². The highest BCUT2D eigenvalue weighted by atomic mass is 16.1. The third-order valence-electron chi connectivity index (χ3n) is 2.64. The minimum Gasteiger partial charge on any atom is -0.330 e. The van der Waals surface area contributed by atoms with Crippen LogP contribution in [0.2, 0.25) is 0 Å². The van der Waals surface area contributed by atoms with E-state index in [0.29, 0.717) is 12.3 Å². The van der Waals surface area contributed by atoms with Gasteiger partial charge in [0.25, 0.3) is 0 Å². The lowest BCUT2D eigenvalue weighted by molar-refractivity contribution is -0.121. The van der Waals surface area contributed by atoms with Crippen molar-refractivity contribution in [1.29, 1.82) is 0 Å². The number of carbonyl (C=O) groups is 1. The first kappa shape index (κ1) is 6.89. The minimum atomic E-state index is 0.207. The average molecular weight is 151 g/mol. The molecule has 1 N–H and O–H groups in total. The van der Waals surface area contributed by atoms with E-state index in [4.69, 9.17) is 0 Å². The molecule has 1 unspecified atom stereocenters. The first-order valence-electron chi connectivity index (χ1n) is 4.29. The van der Waals surface area contributed by atoms with Crippen LogP contribution in [0.3, 0.4) is 0 Å². The number of nitrogens with one attached hydrogen (secondary N) is 1. The Morgan fingerprint density at radius 2 is 2.27 bits per heavy atom. The Bertz CT molecular complexity index is 230. The van der Waals surface area contributed by atoms with Gasteiger partial charge in [-0.15, -0.1) is 0 Å². The van der Waals surface area contributed by atoms with Gasteiger partial charge < -0.3 is 5.32 Å². The zero-order valence-corrected chi connectivity index (χ0v) is 6.81. The van der Waals surface area contributed by atoms with E-state index in [9.17, 15) is 4.79 Å². The lowest BCUT2D eigenvalue weighted by Gasteiger charge is -2.21. The van der Waals surface area contributed by atoms with Crippen molar-refractivity contribution >= 4 is 5.91 Å². The summed E-state index contributed by atoms with van der Waals surface area (Å²) in [4.78, 5) is 11.1. The van der Waals surface area contributed by atoms with E-state index in [0.717, 1.165) is 6.42 Å². The molecule has 0 spiro atoms. The molecule has 11 heavy (non-hydrogen) atoms. The molecule has 1 aliphatic heterocycles. The Morgan fingerprint density at radius 1 is 1.45 bits per heavy atom. The molecule has 0 saturated carbocycles. The standard InChI is InChI=1S/C9H13NO/c1-6-5-9(11)10-8-4-2-3-7(6)8/h6H,2-5H2,1H3,(H,10,11). The third kappa shape index (κ3) is 1.06. The topological polar surface area (TPSA) is 29.1 Å². The fraction of sp³-hybridized carbons (Fsp3) is 0.667. The van der Waals surface area contributed by atoms with Crippen LogP contribution in [0.1, 0.15) is 32.6 Å². The summed E-state index contributed by atoms with van der Waals surface area (Å²) in [6.45, 7) is 2.15. The monoisotopic (exact) mass is 151 g/mol. The largest absolute Gasteiger partial charge is 0.330 e. The molecule has 1 aliphatic carbocycles. The van der Waals surface area contributed by atoms with Gasteiger partial charge in [0.2, 0.25) is 5.91 Å². The van der Waals surface area contributed by atoms with Crippen molar-refractivity contribution in [3.63, 3.8) is 0 Å². The van der Waals surface area contributed by atoms with Gasteiger partial charge in [0, 0.05) is 12.1 Å². The first-order valence-corrected chi connectivity index (χ1v) is 4.29. The molecule has 0 aromatic rings. The molecule has 0 aromatic heterocycles. The number of rotatable bonds is 0. The van der Waals surface area contributed by atoms with Gasteiger partial charge >= 0.3 is 0 Å². The summed E-state index contributed by atoms with van der Waals surface area (Å²) in [5, 5.41) is 2.95. The molecule has 60 valence electrons. The molecule has 2 rings (SSSR count).